The van der Waals surface area contributed by atoms with Gasteiger partial charge in [-0.05, 0) is 37.1 Å². The monoisotopic (exact) mass is 255 g/mol. The average molecular weight is 255 g/mol. The third kappa shape index (κ3) is 4.07. The molecule has 0 aliphatic carbocycles. The Labute approximate surface area is 102 Å². The molecule has 1 aromatic rings. The summed E-state index contributed by atoms with van der Waals surface area (Å²) in [4.78, 5) is 3.90. The van der Waals surface area contributed by atoms with Crippen molar-refractivity contribution in [1.29, 1.82) is 0 Å². The molecule has 17 heavy (non-hydrogen) atoms. The number of pyridine rings is 1. The lowest BCUT2D eigenvalue weighted by atomic mass is 10.2. The van der Waals surface area contributed by atoms with Crippen LogP contribution >= 0.6 is 0 Å². The molecule has 2 rings (SSSR count). The van der Waals surface area contributed by atoms with Crippen molar-refractivity contribution in [3.63, 3.8) is 0 Å². The topological polar surface area (TPSA) is 71.1 Å². The molecule has 2 N–H and O–H groups in total. The number of nitrogens with zero attached hydrogens (tertiary/aromatic N) is 1. The molecule has 2 heterocycles. The molecule has 0 aromatic carbocycles. The summed E-state index contributed by atoms with van der Waals surface area (Å²) in [5.74, 6) is 0.132. The number of sulfonamides is 1. The van der Waals surface area contributed by atoms with Crippen LogP contribution in [0.15, 0.2) is 24.5 Å². The first-order valence-electron chi connectivity index (χ1n) is 5.75. The van der Waals surface area contributed by atoms with Gasteiger partial charge in [0.2, 0.25) is 10.0 Å². The van der Waals surface area contributed by atoms with Gasteiger partial charge in [-0.25, -0.2) is 13.1 Å². The molecule has 0 amide bonds. The van der Waals surface area contributed by atoms with Crippen molar-refractivity contribution in [1.82, 2.24) is 15.0 Å². The number of nitrogens with one attached hydrogen (secondary N) is 2. The van der Waals surface area contributed by atoms with Gasteiger partial charge in [-0.1, -0.05) is 0 Å². The molecular formula is C11H17N3O2S. The SMILES string of the molecule is O=S(=O)(CCc1ccncc1)N[C@@H]1CCNC1. The third-order valence-electron chi connectivity index (χ3n) is 2.82. The molecule has 0 unspecified atom stereocenters. The predicted octanol–water partition coefficient (Wildman–Crippen LogP) is -0.0946. The lowest BCUT2D eigenvalue weighted by Gasteiger charge is -2.11. The van der Waals surface area contributed by atoms with Gasteiger partial charge in [-0.2, -0.15) is 0 Å². The first kappa shape index (κ1) is 12.5. The van der Waals surface area contributed by atoms with Crippen molar-refractivity contribution >= 4 is 10.0 Å². The fourth-order valence-electron chi connectivity index (χ4n) is 1.87. The highest BCUT2D eigenvalue weighted by Crippen LogP contribution is 2.03. The van der Waals surface area contributed by atoms with Gasteiger partial charge < -0.3 is 5.32 Å². The van der Waals surface area contributed by atoms with Crippen LogP contribution in [0.4, 0.5) is 0 Å². The van der Waals surface area contributed by atoms with Crippen LogP contribution in [0.2, 0.25) is 0 Å². The number of aromatic nitrogens is 1. The second-order valence-corrected chi connectivity index (χ2v) is 6.11. The zero-order valence-corrected chi connectivity index (χ0v) is 10.4. The number of aryl methyl sites for hydroxylation is 1. The molecule has 6 heteroatoms. The summed E-state index contributed by atoms with van der Waals surface area (Å²) in [7, 11) is -3.17. The van der Waals surface area contributed by atoms with Gasteiger partial charge in [0.25, 0.3) is 0 Å². The van der Waals surface area contributed by atoms with E-state index in [0.717, 1.165) is 25.1 Å². The van der Waals surface area contributed by atoms with Crippen molar-refractivity contribution < 1.29 is 8.42 Å². The van der Waals surface area contributed by atoms with E-state index in [9.17, 15) is 8.42 Å². The van der Waals surface area contributed by atoms with E-state index in [1.807, 2.05) is 12.1 Å². The van der Waals surface area contributed by atoms with E-state index < -0.39 is 10.0 Å². The quantitative estimate of drug-likeness (QED) is 0.771. The molecule has 0 bridgehead atoms. The maximum Gasteiger partial charge on any atom is 0.212 e. The molecule has 1 aliphatic heterocycles. The van der Waals surface area contributed by atoms with E-state index in [-0.39, 0.29) is 11.8 Å². The Bertz CT molecular complexity index is 441. The highest BCUT2D eigenvalue weighted by Gasteiger charge is 2.20. The molecule has 0 saturated carbocycles. The zero-order valence-electron chi connectivity index (χ0n) is 9.59. The Morgan fingerprint density at radius 2 is 2.18 bits per heavy atom. The number of hydrogen-bond acceptors (Lipinski definition) is 4. The summed E-state index contributed by atoms with van der Waals surface area (Å²) in [6.45, 7) is 1.62. The van der Waals surface area contributed by atoms with Crippen molar-refractivity contribution in [2.45, 2.75) is 18.9 Å². The minimum Gasteiger partial charge on any atom is -0.315 e. The highest BCUT2D eigenvalue weighted by atomic mass is 32.2. The van der Waals surface area contributed by atoms with Gasteiger partial charge in [-0.15, -0.1) is 0 Å². The van der Waals surface area contributed by atoms with Crippen LogP contribution in [0.5, 0.6) is 0 Å². The van der Waals surface area contributed by atoms with Gasteiger partial charge in [0.05, 0.1) is 5.75 Å². The van der Waals surface area contributed by atoms with Gasteiger partial charge in [0, 0.05) is 25.0 Å². The molecule has 0 spiro atoms. The third-order valence-corrected chi connectivity index (χ3v) is 4.25. The van der Waals surface area contributed by atoms with Crippen LogP contribution in [0.25, 0.3) is 0 Å². The van der Waals surface area contributed by atoms with Crippen molar-refractivity contribution in [3.8, 4) is 0 Å². The van der Waals surface area contributed by atoms with Crippen LogP contribution in [0.1, 0.15) is 12.0 Å². The van der Waals surface area contributed by atoms with Gasteiger partial charge in [0.1, 0.15) is 0 Å². The Kier molecular flexibility index (Phi) is 4.09. The van der Waals surface area contributed by atoms with Crippen LogP contribution in [-0.4, -0.2) is 38.3 Å². The smallest absolute Gasteiger partial charge is 0.212 e. The standard InChI is InChI=1S/C11H17N3O2S/c15-17(16,14-11-3-7-13-9-11)8-4-10-1-5-12-6-2-10/h1-2,5-6,11,13-14H,3-4,7-9H2/t11-/m1/s1. The molecule has 1 saturated heterocycles. The normalized spacial score (nSPS) is 20.6. The fourth-order valence-corrected chi connectivity index (χ4v) is 3.20. The minimum absolute atomic E-state index is 0.0532. The lowest BCUT2D eigenvalue weighted by Crippen LogP contribution is -2.38. The second-order valence-electron chi connectivity index (χ2n) is 4.23. The Balaban J connectivity index is 1.85. The van der Waals surface area contributed by atoms with E-state index in [4.69, 9.17) is 0 Å². The predicted molar refractivity (Wildman–Crippen MR) is 66.1 cm³/mol. The van der Waals surface area contributed by atoms with Crippen LogP contribution < -0.4 is 10.0 Å². The average Bonchev–Trinajstić information content (AvgIpc) is 2.80. The van der Waals surface area contributed by atoms with E-state index in [0.29, 0.717) is 6.42 Å². The summed E-state index contributed by atoms with van der Waals surface area (Å²) in [5, 5.41) is 3.13. The van der Waals surface area contributed by atoms with E-state index in [2.05, 4.69) is 15.0 Å². The largest absolute Gasteiger partial charge is 0.315 e. The summed E-state index contributed by atoms with van der Waals surface area (Å²) in [5.41, 5.74) is 0.995. The Hall–Kier alpha value is -0.980. The highest BCUT2D eigenvalue weighted by molar-refractivity contribution is 7.89. The van der Waals surface area contributed by atoms with E-state index >= 15 is 0 Å². The Morgan fingerprint density at radius 1 is 1.41 bits per heavy atom. The zero-order chi connectivity index (χ0) is 12.1. The van der Waals surface area contributed by atoms with Crippen LogP contribution in [-0.2, 0) is 16.4 Å². The molecule has 0 radical (unpaired) electrons. The Morgan fingerprint density at radius 3 is 2.82 bits per heavy atom. The minimum atomic E-state index is -3.17. The van der Waals surface area contributed by atoms with E-state index in [1.165, 1.54) is 0 Å². The van der Waals surface area contributed by atoms with Gasteiger partial charge >= 0.3 is 0 Å². The fraction of sp³-hybridized carbons (Fsp3) is 0.545. The maximum atomic E-state index is 11.8. The van der Waals surface area contributed by atoms with E-state index in [1.54, 1.807) is 12.4 Å². The first-order valence-corrected chi connectivity index (χ1v) is 7.40. The molecule has 1 atom stereocenters. The lowest BCUT2D eigenvalue weighted by molar-refractivity contribution is 0.559. The molecular weight excluding hydrogens is 238 g/mol. The van der Waals surface area contributed by atoms with Crippen LogP contribution in [0, 0.1) is 0 Å². The molecule has 1 fully saturated rings. The van der Waals surface area contributed by atoms with Crippen molar-refractivity contribution in [2.24, 2.45) is 0 Å². The summed E-state index contributed by atoms with van der Waals surface area (Å²) in [6, 6.07) is 3.73. The summed E-state index contributed by atoms with van der Waals surface area (Å²) in [6.07, 6.45) is 4.75. The first-order chi connectivity index (χ1) is 8.16. The molecule has 5 nitrogen and oxygen atoms in total. The van der Waals surface area contributed by atoms with Crippen LogP contribution in [0.3, 0.4) is 0 Å². The number of rotatable bonds is 5. The molecule has 94 valence electrons. The van der Waals surface area contributed by atoms with Gasteiger partial charge in [-0.3, -0.25) is 4.98 Å². The van der Waals surface area contributed by atoms with Gasteiger partial charge in [0.15, 0.2) is 0 Å². The van der Waals surface area contributed by atoms with Crippen molar-refractivity contribution in [2.75, 3.05) is 18.8 Å². The summed E-state index contributed by atoms with van der Waals surface area (Å²) < 4.78 is 26.3. The molecule has 1 aliphatic rings. The van der Waals surface area contributed by atoms with Crippen molar-refractivity contribution in [3.05, 3.63) is 30.1 Å². The maximum absolute atomic E-state index is 11.8. The molecule has 1 aromatic heterocycles. The number of hydrogen-bond donors (Lipinski definition) is 2. The summed E-state index contributed by atoms with van der Waals surface area (Å²) >= 11 is 0. The second kappa shape index (κ2) is 5.57.